The number of pyridine rings is 1. The zero-order valence-corrected chi connectivity index (χ0v) is 18.3. The molecule has 7 nitrogen and oxygen atoms in total. The molecule has 3 aromatic rings. The van der Waals surface area contributed by atoms with Gasteiger partial charge in [-0.25, -0.2) is 9.36 Å². The maximum atomic E-state index is 13.5. The topological polar surface area (TPSA) is 104 Å². The van der Waals surface area contributed by atoms with Gasteiger partial charge in [-0.1, -0.05) is 25.3 Å². The van der Waals surface area contributed by atoms with Gasteiger partial charge in [-0.05, 0) is 37.5 Å². The molecule has 1 fully saturated rings. The number of rotatable bonds is 6. The smallest absolute Gasteiger partial charge is 0.290 e. The van der Waals surface area contributed by atoms with Crippen molar-refractivity contribution in [1.82, 2.24) is 14.1 Å². The van der Waals surface area contributed by atoms with Gasteiger partial charge in [0.1, 0.15) is 4.70 Å². The summed E-state index contributed by atoms with van der Waals surface area (Å²) in [6.07, 6.45) is 7.71. The first kappa shape index (κ1) is 21.2. The molecule has 0 aliphatic heterocycles. The lowest BCUT2D eigenvalue weighted by atomic mass is 10.1. The van der Waals surface area contributed by atoms with Gasteiger partial charge in [0.2, 0.25) is 0 Å². The molecule has 3 heterocycles. The average molecular weight is 442 g/mol. The quantitative estimate of drug-likeness (QED) is 0.427. The second kappa shape index (κ2) is 7.92. The zero-order chi connectivity index (χ0) is 23.0. The highest BCUT2D eigenvalue weighted by Crippen LogP contribution is 2.46. The minimum atomic E-state index is -0.609. The third-order valence-electron chi connectivity index (χ3n) is 5.50. The number of allylic oxidation sites excluding steroid dienone is 4. The first-order valence-corrected chi connectivity index (χ1v) is 10.7. The fourth-order valence-electron chi connectivity index (χ4n) is 3.59. The van der Waals surface area contributed by atoms with Crippen LogP contribution < -0.4 is 11.2 Å². The van der Waals surface area contributed by atoms with E-state index in [-0.39, 0.29) is 12.1 Å². The SMILES string of the molecule is C=C/C=C(\C(=C)C#N)c1cc2c(s1)c(=O)n(-c1cncc(C)c1)c(=O)n2CC1(C#N)CC1. The molecule has 4 rings (SSSR count). The average Bonchev–Trinajstić information content (AvgIpc) is 3.43. The summed E-state index contributed by atoms with van der Waals surface area (Å²) in [5.74, 6) is 0. The van der Waals surface area contributed by atoms with E-state index < -0.39 is 16.7 Å². The fraction of sp³-hybridized carbons (Fsp3) is 0.208. The highest BCUT2D eigenvalue weighted by molar-refractivity contribution is 7.20. The Morgan fingerprint density at radius 1 is 1.31 bits per heavy atom. The van der Waals surface area contributed by atoms with Gasteiger partial charge < -0.3 is 0 Å². The molecule has 0 aromatic carbocycles. The highest BCUT2D eigenvalue weighted by Gasteiger charge is 2.44. The molecule has 0 atom stereocenters. The second-order valence-electron chi connectivity index (χ2n) is 7.85. The van der Waals surface area contributed by atoms with E-state index in [0.29, 0.717) is 39.2 Å². The van der Waals surface area contributed by atoms with E-state index in [1.165, 1.54) is 22.1 Å². The van der Waals surface area contributed by atoms with E-state index in [0.717, 1.165) is 10.1 Å². The summed E-state index contributed by atoms with van der Waals surface area (Å²) in [7, 11) is 0. The Morgan fingerprint density at radius 3 is 2.66 bits per heavy atom. The Bertz CT molecular complexity index is 1520. The summed E-state index contributed by atoms with van der Waals surface area (Å²) >= 11 is 1.18. The van der Waals surface area contributed by atoms with Gasteiger partial charge in [0.25, 0.3) is 5.56 Å². The van der Waals surface area contributed by atoms with Crippen molar-refractivity contribution in [2.45, 2.75) is 26.3 Å². The number of aryl methyl sites for hydroxylation is 1. The van der Waals surface area contributed by atoms with Crippen molar-refractivity contribution in [1.29, 1.82) is 10.5 Å². The van der Waals surface area contributed by atoms with Gasteiger partial charge in [-0.2, -0.15) is 10.5 Å². The third-order valence-corrected chi connectivity index (χ3v) is 6.65. The second-order valence-corrected chi connectivity index (χ2v) is 8.91. The molecule has 0 unspecified atom stereocenters. The van der Waals surface area contributed by atoms with Gasteiger partial charge in [0, 0.05) is 23.2 Å². The van der Waals surface area contributed by atoms with Crippen LogP contribution in [0.1, 0.15) is 23.3 Å². The van der Waals surface area contributed by atoms with E-state index in [4.69, 9.17) is 0 Å². The molecule has 1 saturated carbocycles. The van der Waals surface area contributed by atoms with Crippen molar-refractivity contribution in [3.8, 4) is 17.8 Å². The summed E-state index contributed by atoms with van der Waals surface area (Å²) in [6.45, 7) is 9.49. The molecule has 3 aromatic heterocycles. The maximum absolute atomic E-state index is 13.5. The summed E-state index contributed by atoms with van der Waals surface area (Å²) in [4.78, 5) is 31.7. The van der Waals surface area contributed by atoms with E-state index in [1.54, 1.807) is 30.5 Å². The van der Waals surface area contributed by atoms with Crippen molar-refractivity contribution < 1.29 is 0 Å². The third kappa shape index (κ3) is 3.51. The van der Waals surface area contributed by atoms with Crippen LogP contribution in [0.2, 0.25) is 0 Å². The molecule has 158 valence electrons. The molecule has 1 aliphatic carbocycles. The largest absolute Gasteiger partial charge is 0.336 e. The number of hydrogen-bond acceptors (Lipinski definition) is 6. The van der Waals surface area contributed by atoms with E-state index in [2.05, 4.69) is 24.2 Å². The molecule has 0 bridgehead atoms. The molecule has 0 amide bonds. The van der Waals surface area contributed by atoms with Crippen LogP contribution in [0.5, 0.6) is 0 Å². The van der Waals surface area contributed by atoms with Crippen molar-refractivity contribution >= 4 is 27.1 Å². The lowest BCUT2D eigenvalue weighted by Crippen LogP contribution is -2.39. The number of nitriles is 2. The molecule has 1 aliphatic rings. The molecule has 8 heteroatoms. The molecule has 32 heavy (non-hydrogen) atoms. The zero-order valence-electron chi connectivity index (χ0n) is 17.5. The summed E-state index contributed by atoms with van der Waals surface area (Å²) in [5, 5.41) is 19.0. The van der Waals surface area contributed by atoms with Crippen molar-refractivity contribution in [3.05, 3.63) is 86.7 Å². The molecular formula is C24H19N5O2S. The highest BCUT2D eigenvalue weighted by atomic mass is 32.1. The van der Waals surface area contributed by atoms with Crippen molar-refractivity contribution in [3.63, 3.8) is 0 Å². The lowest BCUT2D eigenvalue weighted by molar-refractivity contribution is 0.513. The van der Waals surface area contributed by atoms with Gasteiger partial charge in [-0.15, -0.1) is 11.3 Å². The number of fused-ring (bicyclic) bond motifs is 1. The Kier molecular flexibility index (Phi) is 5.25. The minimum absolute atomic E-state index is 0.189. The minimum Gasteiger partial charge on any atom is -0.290 e. The summed E-state index contributed by atoms with van der Waals surface area (Å²) in [5.41, 5.74) is 0.791. The first-order valence-electron chi connectivity index (χ1n) is 9.89. The summed E-state index contributed by atoms with van der Waals surface area (Å²) < 4.78 is 2.96. The molecule has 0 N–H and O–H groups in total. The van der Waals surface area contributed by atoms with Crippen LogP contribution in [0.25, 0.3) is 21.5 Å². The predicted molar refractivity (Wildman–Crippen MR) is 124 cm³/mol. The van der Waals surface area contributed by atoms with Crippen molar-refractivity contribution in [2.75, 3.05) is 0 Å². The summed E-state index contributed by atoms with van der Waals surface area (Å²) in [6, 6.07) is 7.78. The Hall–Kier alpha value is -4.01. The van der Waals surface area contributed by atoms with E-state index >= 15 is 0 Å². The Morgan fingerprint density at radius 2 is 2.06 bits per heavy atom. The van der Waals surface area contributed by atoms with Gasteiger partial charge in [0.05, 0.1) is 40.5 Å². The van der Waals surface area contributed by atoms with Gasteiger partial charge >= 0.3 is 5.69 Å². The van der Waals surface area contributed by atoms with Crippen LogP contribution in [0.15, 0.2) is 65.0 Å². The van der Waals surface area contributed by atoms with Crippen LogP contribution >= 0.6 is 11.3 Å². The number of nitrogens with zero attached hydrogens (tertiary/aromatic N) is 5. The molecular weight excluding hydrogens is 422 g/mol. The standard InChI is InChI=1S/C24H19N5O2S/c1-4-5-18(16(3)10-25)20-9-19-21(32-20)22(30)29(17-8-15(2)11-27-12-17)23(31)28(19)14-24(13-26)6-7-24/h4-5,8-9,11-12H,1,3,6-7,14H2,2H3/b18-5+. The van der Waals surface area contributed by atoms with Crippen LogP contribution in [-0.4, -0.2) is 14.1 Å². The van der Waals surface area contributed by atoms with Crippen LogP contribution in [0.3, 0.4) is 0 Å². The number of aromatic nitrogens is 3. The van der Waals surface area contributed by atoms with E-state index in [9.17, 15) is 20.1 Å². The molecule has 0 spiro atoms. The van der Waals surface area contributed by atoms with E-state index in [1.807, 2.05) is 13.0 Å². The van der Waals surface area contributed by atoms with Crippen LogP contribution in [-0.2, 0) is 6.54 Å². The Labute approximate surface area is 188 Å². The number of thiophene rings is 1. The maximum Gasteiger partial charge on any atom is 0.336 e. The monoisotopic (exact) mass is 441 g/mol. The van der Waals surface area contributed by atoms with Crippen molar-refractivity contribution in [2.24, 2.45) is 5.41 Å². The predicted octanol–water partition coefficient (Wildman–Crippen LogP) is 3.87. The fourth-order valence-corrected chi connectivity index (χ4v) is 4.73. The number of hydrogen-bond donors (Lipinski definition) is 0. The Balaban J connectivity index is 2.06. The normalized spacial score (nSPS) is 14.5. The van der Waals surface area contributed by atoms with Gasteiger partial charge in [-0.3, -0.25) is 14.3 Å². The first-order chi connectivity index (χ1) is 15.3. The molecule has 0 saturated heterocycles. The molecule has 0 radical (unpaired) electrons. The lowest BCUT2D eigenvalue weighted by Gasteiger charge is -2.14. The van der Waals surface area contributed by atoms with Gasteiger partial charge in [0.15, 0.2) is 0 Å². The van der Waals surface area contributed by atoms with Crippen LogP contribution in [0.4, 0.5) is 0 Å². The van der Waals surface area contributed by atoms with Crippen LogP contribution in [0, 0.1) is 35.0 Å².